The molecule has 0 saturated carbocycles. The summed E-state index contributed by atoms with van der Waals surface area (Å²) in [7, 11) is 0. The molecule has 0 unspecified atom stereocenters. The van der Waals surface area contributed by atoms with Crippen molar-refractivity contribution in [1.82, 2.24) is 9.97 Å². The van der Waals surface area contributed by atoms with Gasteiger partial charge >= 0.3 is 5.97 Å². The molecule has 3 rings (SSSR count). The van der Waals surface area contributed by atoms with Gasteiger partial charge in [-0.25, -0.2) is 14.8 Å². The first kappa shape index (κ1) is 13.1. The molecule has 0 bridgehead atoms. The molecule has 0 radical (unpaired) electrons. The number of benzene rings is 1. The number of aromatic carboxylic acids is 1. The number of fused-ring (bicyclic) bond motifs is 1. The summed E-state index contributed by atoms with van der Waals surface area (Å²) in [4.78, 5) is 20.1. The maximum absolute atomic E-state index is 10.9. The Bertz CT molecular complexity index is 737. The van der Waals surface area contributed by atoms with E-state index in [0.717, 1.165) is 21.2 Å². The van der Waals surface area contributed by atoms with Crippen LogP contribution in [0.2, 0.25) is 0 Å². The molecule has 0 saturated heterocycles. The molecule has 0 aliphatic heterocycles. The maximum atomic E-state index is 10.9. The number of rotatable bonds is 4. The van der Waals surface area contributed by atoms with Gasteiger partial charge in [-0.1, -0.05) is 12.1 Å². The number of nitrogens with zero attached hydrogens (tertiary/aromatic N) is 2. The zero-order chi connectivity index (χ0) is 13.9. The van der Waals surface area contributed by atoms with E-state index >= 15 is 0 Å². The summed E-state index contributed by atoms with van der Waals surface area (Å²) in [6.45, 7) is 0. The third-order valence-corrected chi connectivity index (χ3v) is 4.88. The highest BCUT2D eigenvalue weighted by Crippen LogP contribution is 2.28. The normalized spacial score (nSPS) is 10.8. The van der Waals surface area contributed by atoms with E-state index in [9.17, 15) is 4.79 Å². The van der Waals surface area contributed by atoms with Gasteiger partial charge < -0.3 is 5.11 Å². The van der Waals surface area contributed by atoms with Gasteiger partial charge in [-0.2, -0.15) is 0 Å². The predicted molar refractivity (Wildman–Crippen MR) is 80.4 cm³/mol. The Morgan fingerprint density at radius 1 is 1.30 bits per heavy atom. The number of para-hydroxylation sites is 1. The lowest BCUT2D eigenvalue weighted by Gasteiger charge is -2.00. The monoisotopic (exact) mass is 302 g/mol. The molecule has 1 N–H and O–H groups in total. The van der Waals surface area contributed by atoms with Gasteiger partial charge in [0.25, 0.3) is 0 Å². The summed E-state index contributed by atoms with van der Waals surface area (Å²) >= 11 is 3.23. The molecule has 100 valence electrons. The summed E-state index contributed by atoms with van der Waals surface area (Å²) in [5.74, 6) is -0.282. The standard InChI is InChI=1S/C14H10N2O2S2/c17-14(18)11-7-9(5-6-15-11)19-8-13-16-10-3-1-2-4-12(10)20-13/h1-7H,8H2,(H,17,18). The second kappa shape index (κ2) is 5.60. The van der Waals surface area contributed by atoms with E-state index in [0.29, 0.717) is 0 Å². The van der Waals surface area contributed by atoms with Crippen molar-refractivity contribution in [2.24, 2.45) is 0 Å². The highest BCUT2D eigenvalue weighted by atomic mass is 32.2. The summed E-state index contributed by atoms with van der Waals surface area (Å²) in [6.07, 6.45) is 1.52. The SMILES string of the molecule is O=C(O)c1cc(SCc2nc3ccccc3s2)ccn1. The van der Waals surface area contributed by atoms with Gasteiger partial charge in [0.05, 0.1) is 16.0 Å². The highest BCUT2D eigenvalue weighted by molar-refractivity contribution is 7.98. The average Bonchev–Trinajstić information content (AvgIpc) is 2.88. The smallest absolute Gasteiger partial charge is 0.354 e. The summed E-state index contributed by atoms with van der Waals surface area (Å²) < 4.78 is 1.17. The van der Waals surface area contributed by atoms with Gasteiger partial charge in [0, 0.05) is 11.1 Å². The van der Waals surface area contributed by atoms with Crippen molar-refractivity contribution >= 4 is 39.3 Å². The zero-order valence-corrected chi connectivity index (χ0v) is 11.9. The zero-order valence-electron chi connectivity index (χ0n) is 10.3. The second-order valence-corrected chi connectivity index (χ2v) is 6.21. The Hall–Kier alpha value is -1.92. The Balaban J connectivity index is 1.75. The van der Waals surface area contributed by atoms with Gasteiger partial charge in [0.15, 0.2) is 0 Å². The van der Waals surface area contributed by atoms with Crippen molar-refractivity contribution < 1.29 is 9.90 Å². The van der Waals surface area contributed by atoms with E-state index in [2.05, 4.69) is 16.0 Å². The first-order chi connectivity index (χ1) is 9.72. The molecule has 4 nitrogen and oxygen atoms in total. The van der Waals surface area contributed by atoms with Crippen molar-refractivity contribution in [2.45, 2.75) is 10.6 Å². The van der Waals surface area contributed by atoms with Crippen molar-refractivity contribution in [3.05, 3.63) is 53.3 Å². The Labute approximate surface area is 123 Å². The van der Waals surface area contributed by atoms with E-state index < -0.39 is 5.97 Å². The molecule has 6 heteroatoms. The number of carboxylic acids is 1. The Morgan fingerprint density at radius 2 is 2.15 bits per heavy atom. The lowest BCUT2D eigenvalue weighted by Crippen LogP contribution is -1.99. The molecule has 3 aromatic rings. The molecule has 0 spiro atoms. The predicted octanol–water partition coefficient (Wildman–Crippen LogP) is 3.68. The Kier molecular flexibility index (Phi) is 3.66. The lowest BCUT2D eigenvalue weighted by molar-refractivity contribution is 0.0690. The number of aromatic nitrogens is 2. The first-order valence-electron chi connectivity index (χ1n) is 5.89. The van der Waals surface area contributed by atoms with Crippen LogP contribution in [0.4, 0.5) is 0 Å². The number of pyridine rings is 1. The van der Waals surface area contributed by atoms with Gasteiger partial charge in [0.2, 0.25) is 0 Å². The maximum Gasteiger partial charge on any atom is 0.354 e. The quantitative estimate of drug-likeness (QED) is 0.745. The van der Waals surface area contributed by atoms with Crippen LogP contribution in [0.15, 0.2) is 47.5 Å². The van der Waals surface area contributed by atoms with Crippen LogP contribution in [0.3, 0.4) is 0 Å². The number of thiazole rings is 1. The van der Waals surface area contributed by atoms with Gasteiger partial charge in [-0.05, 0) is 24.3 Å². The number of carbonyl (C=O) groups is 1. The molecule has 0 aliphatic carbocycles. The third kappa shape index (κ3) is 2.81. The van der Waals surface area contributed by atoms with Crippen LogP contribution >= 0.6 is 23.1 Å². The molecular formula is C14H10N2O2S2. The Morgan fingerprint density at radius 3 is 2.95 bits per heavy atom. The van der Waals surface area contributed by atoms with Crippen molar-refractivity contribution in [2.75, 3.05) is 0 Å². The van der Waals surface area contributed by atoms with E-state index in [1.807, 2.05) is 24.3 Å². The van der Waals surface area contributed by atoms with Crippen LogP contribution in [0, 0.1) is 0 Å². The molecule has 2 heterocycles. The van der Waals surface area contributed by atoms with Crippen molar-refractivity contribution in [3.63, 3.8) is 0 Å². The molecule has 0 amide bonds. The minimum absolute atomic E-state index is 0.0688. The van der Waals surface area contributed by atoms with Gasteiger partial charge in [-0.15, -0.1) is 23.1 Å². The number of hydrogen-bond acceptors (Lipinski definition) is 5. The first-order valence-corrected chi connectivity index (χ1v) is 7.69. The van der Waals surface area contributed by atoms with Crippen LogP contribution in [0.5, 0.6) is 0 Å². The largest absolute Gasteiger partial charge is 0.477 e. The number of hydrogen-bond donors (Lipinski definition) is 1. The van der Waals surface area contributed by atoms with E-state index in [1.54, 1.807) is 29.2 Å². The van der Waals surface area contributed by atoms with Crippen molar-refractivity contribution in [3.8, 4) is 0 Å². The van der Waals surface area contributed by atoms with Gasteiger partial charge in [0.1, 0.15) is 10.7 Å². The van der Waals surface area contributed by atoms with Crippen molar-refractivity contribution in [1.29, 1.82) is 0 Å². The molecular weight excluding hydrogens is 292 g/mol. The fraction of sp³-hybridized carbons (Fsp3) is 0.0714. The molecule has 0 atom stereocenters. The van der Waals surface area contributed by atoms with Crippen LogP contribution in [-0.4, -0.2) is 21.0 Å². The fourth-order valence-electron chi connectivity index (χ4n) is 1.74. The summed E-state index contributed by atoms with van der Waals surface area (Å²) in [5.41, 5.74) is 1.08. The minimum Gasteiger partial charge on any atom is -0.477 e. The van der Waals surface area contributed by atoms with Crippen LogP contribution in [0.1, 0.15) is 15.5 Å². The molecule has 0 fully saturated rings. The summed E-state index contributed by atoms with van der Waals surface area (Å²) in [6, 6.07) is 11.4. The molecule has 0 aliphatic rings. The third-order valence-electron chi connectivity index (χ3n) is 2.65. The fourth-order valence-corrected chi connectivity index (χ4v) is 3.63. The topological polar surface area (TPSA) is 63.1 Å². The van der Waals surface area contributed by atoms with E-state index in [1.165, 1.54) is 10.9 Å². The highest BCUT2D eigenvalue weighted by Gasteiger charge is 2.07. The average molecular weight is 302 g/mol. The number of carboxylic acid groups (broad SMARTS) is 1. The van der Waals surface area contributed by atoms with Crippen LogP contribution in [0.25, 0.3) is 10.2 Å². The van der Waals surface area contributed by atoms with Gasteiger partial charge in [-0.3, -0.25) is 0 Å². The van der Waals surface area contributed by atoms with E-state index in [4.69, 9.17) is 5.11 Å². The molecule has 2 aromatic heterocycles. The molecule has 20 heavy (non-hydrogen) atoms. The van der Waals surface area contributed by atoms with Crippen LogP contribution in [-0.2, 0) is 5.75 Å². The van der Waals surface area contributed by atoms with E-state index in [-0.39, 0.29) is 5.69 Å². The minimum atomic E-state index is -1.01. The molecule has 1 aromatic carbocycles. The number of thioether (sulfide) groups is 1. The lowest BCUT2D eigenvalue weighted by atomic mass is 10.3. The van der Waals surface area contributed by atoms with Crippen LogP contribution < -0.4 is 0 Å². The summed E-state index contributed by atoms with van der Waals surface area (Å²) in [5, 5.41) is 9.94. The second-order valence-electron chi connectivity index (χ2n) is 4.05.